The van der Waals surface area contributed by atoms with Crippen LogP contribution in [0.15, 0.2) is 11.6 Å². The van der Waals surface area contributed by atoms with Gasteiger partial charge >= 0.3 is 6.18 Å². The molecule has 0 amide bonds. The van der Waals surface area contributed by atoms with Gasteiger partial charge in [-0.25, -0.2) is 0 Å². The molecule has 100 valence electrons. The molecule has 1 aliphatic rings. The number of nitrogens with zero attached hydrogens (tertiary/aromatic N) is 1. The van der Waals surface area contributed by atoms with Gasteiger partial charge in [0.2, 0.25) is 0 Å². The molecule has 0 radical (unpaired) electrons. The van der Waals surface area contributed by atoms with Crippen LogP contribution < -0.4 is 5.73 Å². The van der Waals surface area contributed by atoms with Gasteiger partial charge in [0.1, 0.15) is 0 Å². The fourth-order valence-electron chi connectivity index (χ4n) is 2.27. The molecule has 0 aromatic heterocycles. The quantitative estimate of drug-likeness (QED) is 0.777. The topological polar surface area (TPSA) is 29.3 Å². The highest BCUT2D eigenvalue weighted by molar-refractivity contribution is 5.13. The Balaban J connectivity index is 2.50. The van der Waals surface area contributed by atoms with Gasteiger partial charge < -0.3 is 5.73 Å². The van der Waals surface area contributed by atoms with Crippen molar-refractivity contribution in [1.82, 2.24) is 4.90 Å². The first-order valence-electron chi connectivity index (χ1n) is 6.02. The number of nitrogens with two attached hydrogens (primary N) is 1. The molecule has 0 bridgehead atoms. The third-order valence-corrected chi connectivity index (χ3v) is 3.06. The lowest BCUT2D eigenvalue weighted by molar-refractivity contribution is -0.0961. The largest absolute Gasteiger partial charge is 0.412 e. The fraction of sp³-hybridized carbons (Fsp3) is 0.833. The van der Waals surface area contributed by atoms with E-state index in [0.717, 1.165) is 12.8 Å². The van der Waals surface area contributed by atoms with Gasteiger partial charge in [0, 0.05) is 30.7 Å². The number of hydrogen-bond donors (Lipinski definition) is 1. The smallest absolute Gasteiger partial charge is 0.324 e. The van der Waals surface area contributed by atoms with Crippen molar-refractivity contribution in [1.29, 1.82) is 0 Å². The Bertz CT molecular complexity index is 282. The molecule has 0 aromatic rings. The highest BCUT2D eigenvalue weighted by Crippen LogP contribution is 2.30. The van der Waals surface area contributed by atoms with Gasteiger partial charge in [0.05, 0.1) is 0 Å². The van der Waals surface area contributed by atoms with E-state index < -0.39 is 11.7 Å². The van der Waals surface area contributed by atoms with Crippen molar-refractivity contribution in [3.63, 3.8) is 0 Å². The number of halogens is 3. The summed E-state index contributed by atoms with van der Waals surface area (Å²) in [6.07, 6.45) is -0.928. The summed E-state index contributed by atoms with van der Waals surface area (Å²) >= 11 is 0. The maximum absolute atomic E-state index is 12.4. The molecular formula is C12H21F3N2. The first kappa shape index (κ1) is 14.5. The van der Waals surface area contributed by atoms with Crippen molar-refractivity contribution in [2.24, 2.45) is 5.73 Å². The van der Waals surface area contributed by atoms with Gasteiger partial charge in [-0.1, -0.05) is 19.4 Å². The normalized spacial score (nSPS) is 22.1. The van der Waals surface area contributed by atoms with Crippen LogP contribution in [0.2, 0.25) is 0 Å². The van der Waals surface area contributed by atoms with Gasteiger partial charge in [0.25, 0.3) is 0 Å². The van der Waals surface area contributed by atoms with Gasteiger partial charge in [-0.3, -0.25) is 4.90 Å². The molecule has 2 N–H and O–H groups in total. The molecule has 0 aromatic carbocycles. The lowest BCUT2D eigenvalue weighted by Gasteiger charge is -2.34. The van der Waals surface area contributed by atoms with E-state index in [4.69, 9.17) is 5.73 Å². The molecule has 0 saturated carbocycles. The van der Waals surface area contributed by atoms with Gasteiger partial charge in [0.15, 0.2) is 0 Å². The van der Waals surface area contributed by atoms with Gasteiger partial charge in [-0.2, -0.15) is 13.2 Å². The highest BCUT2D eigenvalue weighted by Gasteiger charge is 2.35. The third kappa shape index (κ3) is 4.68. The highest BCUT2D eigenvalue weighted by atomic mass is 19.4. The Morgan fingerprint density at radius 3 is 2.47 bits per heavy atom. The Hall–Kier alpha value is -0.550. The summed E-state index contributed by atoms with van der Waals surface area (Å²) in [5, 5.41) is 0. The van der Waals surface area contributed by atoms with E-state index in [0.29, 0.717) is 19.6 Å². The lowest BCUT2D eigenvalue weighted by Crippen LogP contribution is -2.49. The van der Waals surface area contributed by atoms with Gasteiger partial charge in [-0.15, -0.1) is 0 Å². The second kappa shape index (κ2) is 5.40. The first-order chi connectivity index (χ1) is 7.74. The SMILES string of the molecule is CCCC(C)(N)CN1CC=C(C(F)(F)F)CC1. The molecular weight excluding hydrogens is 229 g/mol. The summed E-state index contributed by atoms with van der Waals surface area (Å²) in [7, 11) is 0. The average molecular weight is 250 g/mol. The number of hydrogen-bond acceptors (Lipinski definition) is 2. The van der Waals surface area contributed by atoms with Crippen LogP contribution in [-0.4, -0.2) is 36.2 Å². The Morgan fingerprint density at radius 1 is 1.41 bits per heavy atom. The average Bonchev–Trinajstić information content (AvgIpc) is 2.16. The standard InChI is InChI=1S/C12H21F3N2/c1-3-6-11(2,16)9-17-7-4-10(5-8-17)12(13,14)15/h4H,3,5-9,16H2,1-2H3. The van der Waals surface area contributed by atoms with E-state index in [1.54, 1.807) is 0 Å². The number of alkyl halides is 3. The predicted molar refractivity (Wildman–Crippen MR) is 62.7 cm³/mol. The van der Waals surface area contributed by atoms with Crippen molar-refractivity contribution in [2.45, 2.75) is 44.8 Å². The Kier molecular flexibility index (Phi) is 4.61. The Labute approximate surface area is 101 Å². The molecule has 1 aliphatic heterocycles. The zero-order valence-electron chi connectivity index (χ0n) is 10.5. The van der Waals surface area contributed by atoms with E-state index >= 15 is 0 Å². The molecule has 1 rings (SSSR count). The molecule has 1 atom stereocenters. The zero-order valence-corrected chi connectivity index (χ0v) is 10.5. The van der Waals surface area contributed by atoms with Crippen molar-refractivity contribution in [3.8, 4) is 0 Å². The minimum atomic E-state index is -4.17. The van der Waals surface area contributed by atoms with Crippen molar-refractivity contribution in [3.05, 3.63) is 11.6 Å². The minimum absolute atomic E-state index is 0.0751. The van der Waals surface area contributed by atoms with Crippen molar-refractivity contribution in [2.75, 3.05) is 19.6 Å². The monoisotopic (exact) mass is 250 g/mol. The second-order valence-corrected chi connectivity index (χ2v) is 5.12. The molecule has 2 nitrogen and oxygen atoms in total. The molecule has 0 saturated heterocycles. The summed E-state index contributed by atoms with van der Waals surface area (Å²) in [6.45, 7) is 5.47. The van der Waals surface area contributed by atoms with Crippen LogP contribution in [0.3, 0.4) is 0 Å². The molecule has 1 unspecified atom stereocenters. The Morgan fingerprint density at radius 2 is 2.06 bits per heavy atom. The predicted octanol–water partition coefficient (Wildman–Crippen LogP) is 2.70. The van der Waals surface area contributed by atoms with E-state index in [-0.39, 0.29) is 12.0 Å². The molecule has 0 aliphatic carbocycles. The van der Waals surface area contributed by atoms with E-state index in [2.05, 4.69) is 6.92 Å². The van der Waals surface area contributed by atoms with Crippen molar-refractivity contribution >= 4 is 0 Å². The zero-order chi connectivity index (χ0) is 13.1. The molecule has 1 heterocycles. The van der Waals surface area contributed by atoms with Crippen LogP contribution in [0, 0.1) is 0 Å². The van der Waals surface area contributed by atoms with Gasteiger partial charge in [-0.05, 0) is 19.8 Å². The van der Waals surface area contributed by atoms with E-state index in [1.807, 2.05) is 11.8 Å². The third-order valence-electron chi connectivity index (χ3n) is 3.06. The maximum Gasteiger partial charge on any atom is 0.412 e. The molecule has 0 spiro atoms. The summed E-state index contributed by atoms with van der Waals surface area (Å²) in [4.78, 5) is 1.99. The first-order valence-corrected chi connectivity index (χ1v) is 6.02. The van der Waals surface area contributed by atoms with Crippen LogP contribution in [-0.2, 0) is 0 Å². The van der Waals surface area contributed by atoms with Crippen LogP contribution in [0.25, 0.3) is 0 Å². The van der Waals surface area contributed by atoms with E-state index in [9.17, 15) is 13.2 Å². The summed E-state index contributed by atoms with van der Waals surface area (Å²) in [5.41, 5.74) is 5.39. The fourth-order valence-corrected chi connectivity index (χ4v) is 2.27. The van der Waals surface area contributed by atoms with Crippen LogP contribution in [0.4, 0.5) is 13.2 Å². The number of rotatable bonds is 4. The van der Waals surface area contributed by atoms with Crippen LogP contribution >= 0.6 is 0 Å². The molecule has 17 heavy (non-hydrogen) atoms. The van der Waals surface area contributed by atoms with E-state index in [1.165, 1.54) is 6.08 Å². The summed E-state index contributed by atoms with van der Waals surface area (Å²) in [6, 6.07) is 0. The van der Waals surface area contributed by atoms with Crippen LogP contribution in [0.5, 0.6) is 0 Å². The second-order valence-electron chi connectivity index (χ2n) is 5.12. The van der Waals surface area contributed by atoms with Crippen LogP contribution in [0.1, 0.15) is 33.1 Å². The summed E-state index contributed by atoms with van der Waals surface area (Å²) < 4.78 is 37.2. The molecule has 5 heteroatoms. The molecule has 0 fully saturated rings. The summed E-state index contributed by atoms with van der Waals surface area (Å²) in [5.74, 6) is 0. The lowest BCUT2D eigenvalue weighted by atomic mass is 9.96. The minimum Gasteiger partial charge on any atom is -0.324 e. The maximum atomic E-state index is 12.4. The van der Waals surface area contributed by atoms with Crippen molar-refractivity contribution < 1.29 is 13.2 Å².